The molecule has 0 saturated heterocycles. The minimum absolute atomic E-state index is 0.161. The van der Waals surface area contributed by atoms with Gasteiger partial charge in [0.1, 0.15) is 11.3 Å². The molecule has 0 atom stereocenters. The Hall–Kier alpha value is -3.48. The SMILES string of the molecule is CCOC(=O)c1cccc2c(=O)c(C)c(-c3ccc(OC)c(OC)c3OC)oc12. The molecule has 0 aliphatic rings. The Bertz CT molecular complexity index is 1130. The minimum Gasteiger partial charge on any atom is -0.493 e. The van der Waals surface area contributed by atoms with Crippen molar-refractivity contribution in [2.24, 2.45) is 0 Å². The first-order chi connectivity index (χ1) is 14.0. The number of ether oxygens (including phenoxy) is 4. The van der Waals surface area contributed by atoms with E-state index in [9.17, 15) is 9.59 Å². The van der Waals surface area contributed by atoms with Gasteiger partial charge in [-0.25, -0.2) is 4.79 Å². The highest BCUT2D eigenvalue weighted by Gasteiger charge is 2.24. The molecule has 0 unspecified atom stereocenters. The van der Waals surface area contributed by atoms with Gasteiger partial charge < -0.3 is 23.4 Å². The van der Waals surface area contributed by atoms with Crippen LogP contribution in [0.1, 0.15) is 22.8 Å². The second kappa shape index (κ2) is 8.26. The minimum atomic E-state index is -0.560. The van der Waals surface area contributed by atoms with Crippen LogP contribution in [0.25, 0.3) is 22.3 Å². The average Bonchev–Trinajstić information content (AvgIpc) is 2.74. The van der Waals surface area contributed by atoms with E-state index in [1.807, 2.05) is 0 Å². The molecule has 29 heavy (non-hydrogen) atoms. The van der Waals surface area contributed by atoms with Crippen molar-refractivity contribution in [1.82, 2.24) is 0 Å². The van der Waals surface area contributed by atoms with Gasteiger partial charge in [0.25, 0.3) is 0 Å². The number of para-hydroxylation sites is 1. The molecule has 0 spiro atoms. The lowest BCUT2D eigenvalue weighted by atomic mass is 10.0. The Morgan fingerprint density at radius 2 is 1.72 bits per heavy atom. The van der Waals surface area contributed by atoms with E-state index in [0.29, 0.717) is 33.8 Å². The quantitative estimate of drug-likeness (QED) is 0.581. The first-order valence-corrected chi connectivity index (χ1v) is 9.01. The lowest BCUT2D eigenvalue weighted by molar-refractivity contribution is 0.0527. The molecule has 0 N–H and O–H groups in total. The van der Waals surface area contributed by atoms with Crippen molar-refractivity contribution in [3.05, 3.63) is 51.7 Å². The summed E-state index contributed by atoms with van der Waals surface area (Å²) >= 11 is 0. The van der Waals surface area contributed by atoms with Crippen LogP contribution >= 0.6 is 0 Å². The molecule has 0 aliphatic carbocycles. The lowest BCUT2D eigenvalue weighted by Gasteiger charge is -2.16. The Morgan fingerprint density at radius 1 is 1.00 bits per heavy atom. The van der Waals surface area contributed by atoms with Gasteiger partial charge in [-0.15, -0.1) is 0 Å². The zero-order chi connectivity index (χ0) is 21.1. The standard InChI is InChI=1S/C22H22O7/c1-6-28-22(24)15-9-7-8-13-17(23)12(2)18(29-19(13)15)14-10-11-16(25-3)21(27-5)20(14)26-4/h7-11H,6H2,1-5H3. The smallest absolute Gasteiger partial charge is 0.341 e. The average molecular weight is 398 g/mol. The summed E-state index contributed by atoms with van der Waals surface area (Å²) < 4.78 is 27.5. The van der Waals surface area contributed by atoms with Crippen LogP contribution in [-0.2, 0) is 4.74 Å². The molecule has 3 rings (SSSR count). The van der Waals surface area contributed by atoms with E-state index in [2.05, 4.69) is 0 Å². The van der Waals surface area contributed by atoms with Crippen molar-refractivity contribution >= 4 is 16.9 Å². The van der Waals surface area contributed by atoms with Crippen LogP contribution in [0.4, 0.5) is 0 Å². The molecule has 0 aliphatic heterocycles. The molecule has 0 fully saturated rings. The number of methoxy groups -OCH3 is 3. The summed E-state index contributed by atoms with van der Waals surface area (Å²) in [7, 11) is 4.50. The van der Waals surface area contributed by atoms with Crippen LogP contribution in [0.3, 0.4) is 0 Å². The number of rotatable bonds is 6. The molecule has 1 heterocycles. The van der Waals surface area contributed by atoms with Crippen LogP contribution in [0.15, 0.2) is 39.5 Å². The van der Waals surface area contributed by atoms with Crippen molar-refractivity contribution < 1.29 is 28.2 Å². The summed E-state index contributed by atoms with van der Waals surface area (Å²) in [6.45, 7) is 3.58. The van der Waals surface area contributed by atoms with E-state index < -0.39 is 5.97 Å². The largest absolute Gasteiger partial charge is 0.493 e. The number of esters is 1. The highest BCUT2D eigenvalue weighted by Crippen LogP contribution is 2.45. The molecule has 7 nitrogen and oxygen atoms in total. The molecule has 0 amide bonds. The molecule has 7 heteroatoms. The second-order valence-corrected chi connectivity index (χ2v) is 6.17. The van der Waals surface area contributed by atoms with Gasteiger partial charge in [-0.05, 0) is 38.1 Å². The molecule has 2 aromatic carbocycles. The fraction of sp³-hybridized carbons (Fsp3) is 0.273. The van der Waals surface area contributed by atoms with E-state index in [1.54, 1.807) is 44.2 Å². The van der Waals surface area contributed by atoms with Crippen LogP contribution < -0.4 is 19.6 Å². The Balaban J connectivity index is 2.37. The fourth-order valence-corrected chi connectivity index (χ4v) is 3.22. The predicted octanol–water partition coefficient (Wildman–Crippen LogP) is 3.97. The van der Waals surface area contributed by atoms with Crippen molar-refractivity contribution in [3.8, 4) is 28.6 Å². The number of carbonyl (C=O) groups is 1. The van der Waals surface area contributed by atoms with Crippen molar-refractivity contribution in [3.63, 3.8) is 0 Å². The molecular formula is C22H22O7. The van der Waals surface area contributed by atoms with Gasteiger partial charge in [0.2, 0.25) is 5.75 Å². The number of hydrogen-bond donors (Lipinski definition) is 0. The summed E-state index contributed by atoms with van der Waals surface area (Å²) in [5.41, 5.74) is 0.976. The maximum atomic E-state index is 13.0. The van der Waals surface area contributed by atoms with E-state index in [0.717, 1.165) is 0 Å². The topological polar surface area (TPSA) is 84.2 Å². The van der Waals surface area contributed by atoms with E-state index in [4.69, 9.17) is 23.4 Å². The van der Waals surface area contributed by atoms with E-state index in [1.165, 1.54) is 21.3 Å². The van der Waals surface area contributed by atoms with Crippen LogP contribution in [0.5, 0.6) is 17.2 Å². The number of hydrogen-bond acceptors (Lipinski definition) is 7. The lowest BCUT2D eigenvalue weighted by Crippen LogP contribution is -2.11. The number of fused-ring (bicyclic) bond motifs is 1. The van der Waals surface area contributed by atoms with Gasteiger partial charge in [-0.1, -0.05) is 6.07 Å². The third kappa shape index (κ3) is 3.40. The van der Waals surface area contributed by atoms with Gasteiger partial charge >= 0.3 is 5.97 Å². The predicted molar refractivity (Wildman–Crippen MR) is 108 cm³/mol. The first-order valence-electron chi connectivity index (χ1n) is 9.01. The van der Waals surface area contributed by atoms with Crippen molar-refractivity contribution in [1.29, 1.82) is 0 Å². The van der Waals surface area contributed by atoms with E-state index >= 15 is 0 Å². The van der Waals surface area contributed by atoms with E-state index in [-0.39, 0.29) is 28.9 Å². The monoisotopic (exact) mass is 398 g/mol. The van der Waals surface area contributed by atoms with Gasteiger partial charge in [0, 0.05) is 5.56 Å². The normalized spacial score (nSPS) is 10.7. The summed E-state index contributed by atoms with van der Waals surface area (Å²) in [6, 6.07) is 8.21. The summed E-state index contributed by atoms with van der Waals surface area (Å²) in [4.78, 5) is 25.4. The maximum absolute atomic E-state index is 13.0. The zero-order valence-corrected chi connectivity index (χ0v) is 17.0. The summed E-state index contributed by atoms with van der Waals surface area (Å²) in [5, 5.41) is 0.302. The molecule has 0 saturated carbocycles. The van der Waals surface area contributed by atoms with Gasteiger partial charge in [-0.2, -0.15) is 0 Å². The van der Waals surface area contributed by atoms with Gasteiger partial charge in [0.05, 0.1) is 38.9 Å². The Kier molecular flexibility index (Phi) is 5.77. The molecule has 0 radical (unpaired) electrons. The molecule has 3 aromatic rings. The van der Waals surface area contributed by atoms with Crippen molar-refractivity contribution in [2.75, 3.05) is 27.9 Å². The Morgan fingerprint density at radius 3 is 2.34 bits per heavy atom. The van der Waals surface area contributed by atoms with Crippen LogP contribution in [0, 0.1) is 6.92 Å². The third-order valence-electron chi connectivity index (χ3n) is 4.59. The second-order valence-electron chi connectivity index (χ2n) is 6.17. The highest BCUT2D eigenvalue weighted by atomic mass is 16.5. The summed E-state index contributed by atoms with van der Waals surface area (Å²) in [6.07, 6.45) is 0. The maximum Gasteiger partial charge on any atom is 0.341 e. The van der Waals surface area contributed by atoms with Crippen LogP contribution in [-0.4, -0.2) is 33.9 Å². The molecular weight excluding hydrogens is 376 g/mol. The van der Waals surface area contributed by atoms with Gasteiger partial charge in [0.15, 0.2) is 22.5 Å². The molecule has 1 aromatic heterocycles. The number of benzene rings is 2. The molecule has 152 valence electrons. The zero-order valence-electron chi connectivity index (χ0n) is 17.0. The first kappa shape index (κ1) is 20.3. The third-order valence-corrected chi connectivity index (χ3v) is 4.59. The number of carbonyl (C=O) groups excluding carboxylic acids is 1. The fourth-order valence-electron chi connectivity index (χ4n) is 3.22. The molecule has 0 bridgehead atoms. The van der Waals surface area contributed by atoms with Crippen LogP contribution in [0.2, 0.25) is 0 Å². The van der Waals surface area contributed by atoms with Gasteiger partial charge in [-0.3, -0.25) is 4.79 Å². The Labute approximate surface area is 167 Å². The summed E-state index contributed by atoms with van der Waals surface area (Å²) in [5.74, 6) is 0.910. The van der Waals surface area contributed by atoms with Crippen molar-refractivity contribution in [2.45, 2.75) is 13.8 Å². The highest BCUT2D eigenvalue weighted by molar-refractivity contribution is 6.02.